The van der Waals surface area contributed by atoms with Gasteiger partial charge in [0.05, 0.1) is 6.61 Å². The fraction of sp³-hybridized carbons (Fsp3) is 0.358. The maximum atomic E-state index is 15.5. The second-order valence-electron chi connectivity index (χ2n) is 18.9. The summed E-state index contributed by atoms with van der Waals surface area (Å²) < 4.78 is 56.0. The van der Waals surface area contributed by atoms with Crippen molar-refractivity contribution in [1.82, 2.24) is 19.7 Å². The van der Waals surface area contributed by atoms with Crippen LogP contribution in [0.1, 0.15) is 59.1 Å². The maximum Gasteiger partial charge on any atom is 0.513 e. The highest BCUT2D eigenvalue weighted by atomic mass is 35.5. The van der Waals surface area contributed by atoms with E-state index in [0.717, 1.165) is 47.2 Å². The van der Waals surface area contributed by atoms with Crippen LogP contribution < -0.4 is 18.9 Å². The summed E-state index contributed by atoms with van der Waals surface area (Å²) in [5.74, 6) is -1.42. The molecule has 3 unspecified atom stereocenters. The van der Waals surface area contributed by atoms with E-state index in [-0.39, 0.29) is 86.7 Å². The quantitative estimate of drug-likeness (QED) is 0.0157. The van der Waals surface area contributed by atoms with Gasteiger partial charge in [-0.3, -0.25) is 9.69 Å². The van der Waals surface area contributed by atoms with E-state index in [1.165, 1.54) is 18.2 Å². The summed E-state index contributed by atoms with van der Waals surface area (Å²) in [6, 6.07) is 23.5. The number of nitrogens with zero attached hydrogens (tertiary/aromatic N) is 6. The molecule has 398 valence electrons. The number of hydrogen-bond donors (Lipinski definition) is 0. The van der Waals surface area contributed by atoms with Gasteiger partial charge in [-0.15, -0.1) is 20.2 Å². The fourth-order valence-corrected chi connectivity index (χ4v) is 10.6. The largest absolute Gasteiger partial charge is 0.513 e. The molecule has 20 nitrogen and oxygen atoms in total. The number of aryl methyl sites for hydroxylation is 1. The molecule has 4 aromatic carbocycles. The van der Waals surface area contributed by atoms with E-state index in [9.17, 15) is 38.6 Å². The number of halogens is 3. The van der Waals surface area contributed by atoms with E-state index in [1.54, 1.807) is 41.4 Å². The predicted octanol–water partition coefficient (Wildman–Crippen LogP) is 8.88. The number of carbonyl (C=O) groups is 3. The van der Waals surface area contributed by atoms with E-state index in [0.29, 0.717) is 54.6 Å². The molecular weight excluding hydrogens is 1020 g/mol. The molecule has 1 aromatic heterocycles. The Bertz CT molecular complexity index is 3070. The summed E-state index contributed by atoms with van der Waals surface area (Å²) in [5.41, 5.74) is 5.09. The van der Waals surface area contributed by atoms with E-state index in [4.69, 9.17) is 35.3 Å². The lowest BCUT2D eigenvalue weighted by atomic mass is 9.66. The van der Waals surface area contributed by atoms with Crippen molar-refractivity contribution in [2.24, 2.45) is 5.41 Å². The second kappa shape index (κ2) is 22.8. The minimum absolute atomic E-state index is 0.0430. The number of allylic oxidation sites excluding steroid dienone is 1. The maximum absolute atomic E-state index is 15.5. The number of likely N-dealkylation sites (N-methyl/N-ethyl adjacent to an activating group) is 1. The third-order valence-corrected chi connectivity index (χ3v) is 14.4. The van der Waals surface area contributed by atoms with Crippen LogP contribution in [0.25, 0.3) is 5.57 Å². The molecule has 3 atom stereocenters. The van der Waals surface area contributed by atoms with E-state index in [1.807, 2.05) is 49.2 Å². The van der Waals surface area contributed by atoms with Crippen LogP contribution in [0.15, 0.2) is 103 Å². The number of likely N-dealkylation sites (tertiary alicyclic amines) is 2. The Balaban J connectivity index is 0.905. The zero-order chi connectivity index (χ0) is 53.7. The topological polar surface area (TPSA) is 225 Å². The number of aromatic nitrogens is 1. The Hall–Kier alpha value is -8.11. The van der Waals surface area contributed by atoms with Crippen molar-refractivity contribution in [3.63, 3.8) is 0 Å². The molecule has 0 bridgehead atoms. The molecule has 1 saturated carbocycles. The highest BCUT2D eigenvalue weighted by Crippen LogP contribution is 2.62. The molecular formula is C53H51ClF2N6O14. The molecule has 2 aliphatic heterocycles. The van der Waals surface area contributed by atoms with E-state index >= 15 is 4.79 Å². The Morgan fingerprint density at radius 2 is 1.51 bits per heavy atom. The van der Waals surface area contributed by atoms with Gasteiger partial charge in [-0.05, 0) is 122 Å². The van der Waals surface area contributed by atoms with Crippen LogP contribution in [-0.2, 0) is 45.4 Å². The average molecular weight is 1070 g/mol. The van der Waals surface area contributed by atoms with Crippen LogP contribution >= 0.6 is 11.6 Å². The zero-order valence-corrected chi connectivity index (χ0v) is 42.0. The van der Waals surface area contributed by atoms with Crippen LogP contribution in [-0.4, -0.2) is 106 Å². The first-order chi connectivity index (χ1) is 36.6. The van der Waals surface area contributed by atoms with Crippen LogP contribution in [0.2, 0.25) is 5.02 Å². The third kappa shape index (κ3) is 11.7. The standard InChI is InChI=1S/C53H51ClF2N6O14/c1-32-37(19-20-57-49(32)71-22-23-72-52(65)76-40-10-4-7-35(25-40)30-74-62(68)69)27-60(38-15-16-38)50(63)45-41(36-13-11-33(12-14-36)8-5-21-70-47-43(56)18-17-42(55)46(47)54)26-53-31-59(28-44(53)58(2)48(45)53)51(64)75-39-9-3-6-34(24-39)29-73-61(66)67/h3-4,6-7,9-14,17-20,24-25,38,44,48H,5,8,15-16,21-23,26-31H2,1-2H3. The molecule has 2 saturated heterocycles. The normalized spacial score (nSPS) is 18.5. The molecule has 3 heterocycles. The van der Waals surface area contributed by atoms with Gasteiger partial charge in [0.15, 0.2) is 11.6 Å². The smallest absolute Gasteiger partial charge is 0.489 e. The summed E-state index contributed by atoms with van der Waals surface area (Å²) in [4.78, 5) is 82.2. The number of amides is 2. The van der Waals surface area contributed by atoms with Gasteiger partial charge in [0.1, 0.15) is 48.8 Å². The number of benzene rings is 4. The molecule has 76 heavy (non-hydrogen) atoms. The Morgan fingerprint density at radius 3 is 2.18 bits per heavy atom. The fourth-order valence-electron chi connectivity index (χ4n) is 10.3. The lowest BCUT2D eigenvalue weighted by Crippen LogP contribution is -2.69. The predicted molar refractivity (Wildman–Crippen MR) is 265 cm³/mol. The second-order valence-corrected chi connectivity index (χ2v) is 19.2. The molecule has 4 aliphatic rings. The van der Waals surface area contributed by atoms with Gasteiger partial charge in [-0.2, -0.15) is 0 Å². The molecule has 5 aromatic rings. The van der Waals surface area contributed by atoms with Crippen molar-refractivity contribution in [3.05, 3.63) is 173 Å². The molecule has 2 amide bonds. The van der Waals surface area contributed by atoms with Crippen molar-refractivity contribution in [2.75, 3.05) is 40.0 Å². The first kappa shape index (κ1) is 52.7. The van der Waals surface area contributed by atoms with Gasteiger partial charge in [0.25, 0.3) is 16.1 Å². The SMILES string of the molecule is Cc1c(CN(C(=O)C2=C(c3ccc(CCCOc4c(F)ccc(F)c4Cl)cc3)CC34CN(C(=O)Oc5cccc(CO[N+](=O)[O-])c5)CC3N(C)C24)C2CC2)ccnc1OCCOC(=O)Oc1cccc(CO[N+](=O)[O-])c1. The van der Waals surface area contributed by atoms with E-state index in [2.05, 4.69) is 19.6 Å². The lowest BCUT2D eigenvalue weighted by Gasteiger charge is -2.56. The van der Waals surface area contributed by atoms with Crippen molar-refractivity contribution in [1.29, 1.82) is 0 Å². The highest BCUT2D eigenvalue weighted by Gasteiger charge is 2.69. The van der Waals surface area contributed by atoms with Crippen LogP contribution in [0.3, 0.4) is 0 Å². The summed E-state index contributed by atoms with van der Waals surface area (Å²) in [7, 11) is 1.96. The highest BCUT2D eigenvalue weighted by molar-refractivity contribution is 6.32. The molecule has 9 rings (SSSR count). The third-order valence-electron chi connectivity index (χ3n) is 14.0. The average Bonchev–Trinajstić information content (AvgIpc) is 4.30. The zero-order valence-electron chi connectivity index (χ0n) is 41.2. The Kier molecular flexibility index (Phi) is 15.8. The number of carbonyl (C=O) groups excluding carboxylic acids is 3. The van der Waals surface area contributed by atoms with E-state index < -0.39 is 44.5 Å². The molecule has 3 fully saturated rings. The number of ether oxygens (including phenoxy) is 5. The van der Waals surface area contributed by atoms with Gasteiger partial charge < -0.3 is 43.2 Å². The summed E-state index contributed by atoms with van der Waals surface area (Å²) in [6.45, 7) is 1.89. The van der Waals surface area contributed by atoms with Crippen molar-refractivity contribution in [3.8, 4) is 23.1 Å². The number of pyridine rings is 1. The molecule has 1 spiro atoms. The number of rotatable bonds is 22. The molecule has 2 aliphatic carbocycles. The monoisotopic (exact) mass is 1070 g/mol. The van der Waals surface area contributed by atoms with Gasteiger partial charge in [-0.1, -0.05) is 60.1 Å². The van der Waals surface area contributed by atoms with Gasteiger partial charge >= 0.3 is 12.2 Å². The summed E-state index contributed by atoms with van der Waals surface area (Å²) >= 11 is 5.95. The van der Waals surface area contributed by atoms with Crippen LogP contribution in [0.5, 0.6) is 23.1 Å². The number of hydrogen-bond acceptors (Lipinski definition) is 16. The van der Waals surface area contributed by atoms with Crippen molar-refractivity contribution < 1.29 is 66.7 Å². The minimum atomic E-state index is -1.01. The molecule has 0 radical (unpaired) electrons. The van der Waals surface area contributed by atoms with Crippen molar-refractivity contribution >= 4 is 35.3 Å². The van der Waals surface area contributed by atoms with Gasteiger partial charge in [-0.25, -0.2) is 23.4 Å². The summed E-state index contributed by atoms with van der Waals surface area (Å²) in [5, 5.41) is 19.1. The molecule has 23 heteroatoms. The van der Waals surface area contributed by atoms with Crippen LogP contribution in [0, 0.1) is 44.2 Å². The van der Waals surface area contributed by atoms with Crippen molar-refractivity contribution in [2.45, 2.75) is 76.9 Å². The summed E-state index contributed by atoms with van der Waals surface area (Å²) in [6.07, 6.45) is 3.10. The lowest BCUT2D eigenvalue weighted by molar-refractivity contribution is -0.763. The Labute approximate surface area is 438 Å². The van der Waals surface area contributed by atoms with Crippen LogP contribution in [0.4, 0.5) is 18.4 Å². The minimum Gasteiger partial charge on any atom is -0.489 e. The Morgan fingerprint density at radius 1 is 0.842 bits per heavy atom. The first-order valence-electron chi connectivity index (χ1n) is 24.3. The van der Waals surface area contributed by atoms with Gasteiger partial charge in [0, 0.05) is 60.5 Å². The first-order valence-corrected chi connectivity index (χ1v) is 24.7. The molecule has 0 N–H and O–H groups in total. The van der Waals surface area contributed by atoms with Gasteiger partial charge in [0.2, 0.25) is 5.88 Å².